The van der Waals surface area contributed by atoms with Crippen molar-refractivity contribution in [3.05, 3.63) is 114 Å². The van der Waals surface area contributed by atoms with Crippen LogP contribution < -0.4 is 4.74 Å². The van der Waals surface area contributed by atoms with Crippen molar-refractivity contribution in [1.29, 1.82) is 0 Å². The van der Waals surface area contributed by atoms with Crippen molar-refractivity contribution in [3.8, 4) is 5.75 Å². The van der Waals surface area contributed by atoms with Crippen LogP contribution in [0.1, 0.15) is 37.5 Å². The highest BCUT2D eigenvalue weighted by atomic mass is 16.5. The van der Waals surface area contributed by atoms with E-state index in [1.54, 1.807) is 6.08 Å². The average Bonchev–Trinajstić information content (AvgIpc) is 2.66. The highest BCUT2D eigenvalue weighted by molar-refractivity contribution is 5.65. The van der Waals surface area contributed by atoms with Crippen molar-refractivity contribution in [3.63, 3.8) is 0 Å². The van der Waals surface area contributed by atoms with Gasteiger partial charge in [-0.2, -0.15) is 0 Å². The van der Waals surface area contributed by atoms with Crippen LogP contribution >= 0.6 is 0 Å². The SMILES string of the molecule is C=COC1(C(/C=C\C)=C(\C)C=C)C(/C=C\C)=C(C=C)Oc2cc(C)cc(C)c21. The standard InChI is InChI=1S/C26H30O2/c1-9-14-21(19(7)11-3)26(27-13-5)22(15-10-2)23(12-4)28-24-17-18(6)16-20(8)25(24)26/h9-17H,3-5H2,1-2,6-8H3/b14-9-,15-10-,21-19+. The molecule has 2 nitrogen and oxygen atoms in total. The molecule has 28 heavy (non-hydrogen) atoms. The summed E-state index contributed by atoms with van der Waals surface area (Å²) < 4.78 is 12.7. The molecule has 1 aliphatic rings. The topological polar surface area (TPSA) is 18.5 Å². The van der Waals surface area contributed by atoms with Crippen molar-refractivity contribution in [2.45, 2.75) is 40.2 Å². The number of benzene rings is 1. The summed E-state index contributed by atoms with van der Waals surface area (Å²) in [6.07, 6.45) is 13.2. The number of rotatable bonds is 7. The van der Waals surface area contributed by atoms with Gasteiger partial charge in [-0.3, -0.25) is 0 Å². The third-order valence-corrected chi connectivity index (χ3v) is 4.88. The van der Waals surface area contributed by atoms with Crippen molar-refractivity contribution >= 4 is 0 Å². The molecule has 1 heterocycles. The van der Waals surface area contributed by atoms with E-state index in [1.807, 2.05) is 51.1 Å². The predicted molar refractivity (Wildman–Crippen MR) is 119 cm³/mol. The van der Waals surface area contributed by atoms with E-state index in [2.05, 4.69) is 45.7 Å². The Balaban J connectivity index is 3.17. The molecular weight excluding hydrogens is 344 g/mol. The van der Waals surface area contributed by atoms with Crippen LogP contribution in [0.2, 0.25) is 0 Å². The van der Waals surface area contributed by atoms with Gasteiger partial charge in [-0.1, -0.05) is 56.2 Å². The van der Waals surface area contributed by atoms with Crippen molar-refractivity contribution in [2.24, 2.45) is 0 Å². The van der Waals surface area contributed by atoms with E-state index in [0.29, 0.717) is 5.76 Å². The molecule has 1 unspecified atom stereocenters. The molecule has 0 saturated heterocycles. The van der Waals surface area contributed by atoms with Crippen LogP contribution in [-0.2, 0) is 10.3 Å². The second kappa shape index (κ2) is 8.79. The lowest BCUT2D eigenvalue weighted by Crippen LogP contribution is -2.38. The van der Waals surface area contributed by atoms with E-state index in [0.717, 1.165) is 39.2 Å². The normalized spacial score (nSPS) is 19.9. The maximum atomic E-state index is 6.42. The Morgan fingerprint density at radius 2 is 1.82 bits per heavy atom. The zero-order chi connectivity index (χ0) is 20.9. The lowest BCUT2D eigenvalue weighted by molar-refractivity contribution is 0.0833. The van der Waals surface area contributed by atoms with Gasteiger partial charge in [0.15, 0.2) is 5.60 Å². The number of ether oxygens (including phenoxy) is 2. The highest BCUT2D eigenvalue weighted by Gasteiger charge is 2.48. The minimum absolute atomic E-state index is 0.663. The molecule has 0 saturated carbocycles. The van der Waals surface area contributed by atoms with Crippen molar-refractivity contribution < 1.29 is 9.47 Å². The fraction of sp³-hybridized carbons (Fsp3) is 0.231. The quantitative estimate of drug-likeness (QED) is 0.373. The summed E-state index contributed by atoms with van der Waals surface area (Å²) in [4.78, 5) is 0. The maximum Gasteiger partial charge on any atom is 0.191 e. The Hall–Kier alpha value is -3.00. The Bertz CT molecular complexity index is 922. The number of hydrogen-bond acceptors (Lipinski definition) is 2. The molecule has 0 fully saturated rings. The molecule has 0 bridgehead atoms. The van der Waals surface area contributed by atoms with E-state index < -0.39 is 5.60 Å². The molecule has 2 rings (SSSR count). The summed E-state index contributed by atoms with van der Waals surface area (Å²) in [5.74, 6) is 1.43. The third kappa shape index (κ3) is 3.43. The molecule has 1 aliphatic heterocycles. The molecule has 2 heteroatoms. The largest absolute Gasteiger partial charge is 0.481 e. The number of aryl methyl sites for hydroxylation is 2. The van der Waals surface area contributed by atoms with Gasteiger partial charge in [-0.05, 0) is 63.5 Å². The van der Waals surface area contributed by atoms with Gasteiger partial charge in [0.25, 0.3) is 0 Å². The molecule has 1 aromatic carbocycles. The lowest BCUT2D eigenvalue weighted by atomic mass is 9.73. The Labute approximate surface area is 169 Å². The van der Waals surface area contributed by atoms with Gasteiger partial charge in [0.2, 0.25) is 0 Å². The summed E-state index contributed by atoms with van der Waals surface area (Å²) in [5.41, 5.74) is 5.12. The number of hydrogen-bond donors (Lipinski definition) is 0. The van der Waals surface area contributed by atoms with Crippen LogP contribution in [0.4, 0.5) is 0 Å². The molecule has 1 aromatic rings. The van der Waals surface area contributed by atoms with Crippen molar-refractivity contribution in [1.82, 2.24) is 0 Å². The van der Waals surface area contributed by atoms with Crippen LogP contribution in [-0.4, -0.2) is 0 Å². The minimum atomic E-state index is -0.923. The summed E-state index contributed by atoms with van der Waals surface area (Å²) in [6, 6.07) is 4.18. The van der Waals surface area contributed by atoms with Gasteiger partial charge in [0.05, 0.1) is 11.8 Å². The van der Waals surface area contributed by atoms with Gasteiger partial charge >= 0.3 is 0 Å². The van der Waals surface area contributed by atoms with Gasteiger partial charge in [0.1, 0.15) is 11.5 Å². The fourth-order valence-corrected chi connectivity index (χ4v) is 3.85. The molecule has 0 aliphatic carbocycles. The van der Waals surface area contributed by atoms with Crippen LogP contribution in [0.3, 0.4) is 0 Å². The molecule has 0 spiro atoms. The van der Waals surface area contributed by atoms with Gasteiger partial charge in [-0.15, -0.1) is 0 Å². The smallest absolute Gasteiger partial charge is 0.191 e. The zero-order valence-electron chi connectivity index (χ0n) is 17.6. The summed E-state index contributed by atoms with van der Waals surface area (Å²) in [6.45, 7) is 22.0. The second-order valence-corrected chi connectivity index (χ2v) is 6.81. The monoisotopic (exact) mass is 374 g/mol. The fourth-order valence-electron chi connectivity index (χ4n) is 3.85. The highest BCUT2D eigenvalue weighted by Crippen LogP contribution is 2.53. The first-order chi connectivity index (χ1) is 13.4. The van der Waals surface area contributed by atoms with E-state index >= 15 is 0 Å². The first-order valence-corrected chi connectivity index (χ1v) is 9.45. The first-order valence-electron chi connectivity index (χ1n) is 9.45. The van der Waals surface area contributed by atoms with Crippen LogP contribution in [0.15, 0.2) is 97.1 Å². The Kier molecular flexibility index (Phi) is 6.69. The van der Waals surface area contributed by atoms with Gasteiger partial charge in [-0.25, -0.2) is 0 Å². The number of fused-ring (bicyclic) bond motifs is 1. The molecular formula is C26H30O2. The third-order valence-electron chi connectivity index (χ3n) is 4.88. The number of allylic oxidation sites excluding steroid dienone is 5. The summed E-state index contributed by atoms with van der Waals surface area (Å²) in [7, 11) is 0. The van der Waals surface area contributed by atoms with Crippen LogP contribution in [0, 0.1) is 13.8 Å². The summed E-state index contributed by atoms with van der Waals surface area (Å²) in [5, 5.41) is 0. The van der Waals surface area contributed by atoms with Gasteiger partial charge < -0.3 is 9.47 Å². The van der Waals surface area contributed by atoms with E-state index in [-0.39, 0.29) is 0 Å². The second-order valence-electron chi connectivity index (χ2n) is 6.81. The molecule has 0 aromatic heterocycles. The van der Waals surface area contributed by atoms with Crippen molar-refractivity contribution in [2.75, 3.05) is 0 Å². The minimum Gasteiger partial charge on any atom is -0.481 e. The predicted octanol–water partition coefficient (Wildman–Crippen LogP) is 7.15. The summed E-state index contributed by atoms with van der Waals surface area (Å²) >= 11 is 0. The Morgan fingerprint density at radius 3 is 2.36 bits per heavy atom. The lowest BCUT2D eigenvalue weighted by Gasteiger charge is -2.42. The molecule has 1 atom stereocenters. The maximum absolute atomic E-state index is 6.42. The zero-order valence-corrected chi connectivity index (χ0v) is 17.6. The van der Waals surface area contributed by atoms with E-state index in [1.165, 1.54) is 6.26 Å². The average molecular weight is 375 g/mol. The van der Waals surface area contributed by atoms with E-state index in [9.17, 15) is 0 Å². The first kappa shape index (κ1) is 21.3. The molecule has 0 radical (unpaired) electrons. The Morgan fingerprint density at radius 1 is 1.11 bits per heavy atom. The molecule has 0 amide bonds. The van der Waals surface area contributed by atoms with Gasteiger partial charge in [0, 0.05) is 11.1 Å². The van der Waals surface area contributed by atoms with E-state index in [4.69, 9.17) is 9.47 Å². The molecule has 0 N–H and O–H groups in total. The van der Waals surface area contributed by atoms with Crippen LogP contribution in [0.5, 0.6) is 5.75 Å². The molecule has 146 valence electrons. The van der Waals surface area contributed by atoms with Crippen LogP contribution in [0.25, 0.3) is 0 Å².